The van der Waals surface area contributed by atoms with E-state index in [1.54, 1.807) is 27.3 Å². The lowest BCUT2D eigenvalue weighted by atomic mass is 10.0. The highest BCUT2D eigenvalue weighted by atomic mass is 19.2. The molecule has 1 unspecified atom stereocenters. The van der Waals surface area contributed by atoms with E-state index in [1.807, 2.05) is 37.1 Å². The van der Waals surface area contributed by atoms with Crippen molar-refractivity contribution in [3.63, 3.8) is 0 Å². The highest BCUT2D eigenvalue weighted by Gasteiger charge is 2.12. The first-order valence-electron chi connectivity index (χ1n) is 9.47. The number of methoxy groups -OCH3 is 2. The molecule has 29 heavy (non-hydrogen) atoms. The predicted octanol–water partition coefficient (Wildman–Crippen LogP) is 3.84. The van der Waals surface area contributed by atoms with Gasteiger partial charge in [-0.3, -0.25) is 4.99 Å². The van der Waals surface area contributed by atoms with Gasteiger partial charge < -0.3 is 19.7 Å². The predicted molar refractivity (Wildman–Crippen MR) is 112 cm³/mol. The standard InChI is InChI=1S/C22H29F2N3O2/c1-15(17-7-8-18(23)19(24)13-17)14-26-22(25-2)27(3)11-10-16-6-9-20(28-4)21(12-16)29-5/h6-9,12-13,15H,10-11,14H2,1-5H3,(H,25,26). The fourth-order valence-electron chi connectivity index (χ4n) is 3.00. The second-order valence-electron chi connectivity index (χ2n) is 6.86. The number of aliphatic imine (C=N–C) groups is 1. The molecule has 5 nitrogen and oxygen atoms in total. The molecule has 0 spiro atoms. The molecule has 0 bridgehead atoms. The van der Waals surface area contributed by atoms with Gasteiger partial charge in [0.2, 0.25) is 0 Å². The van der Waals surface area contributed by atoms with Crippen LogP contribution in [0.2, 0.25) is 0 Å². The molecular weight excluding hydrogens is 376 g/mol. The molecule has 158 valence electrons. The van der Waals surface area contributed by atoms with Crippen molar-refractivity contribution in [2.45, 2.75) is 19.3 Å². The molecule has 0 aliphatic rings. The van der Waals surface area contributed by atoms with Crippen molar-refractivity contribution in [2.75, 3.05) is 41.4 Å². The van der Waals surface area contributed by atoms with Gasteiger partial charge in [-0.2, -0.15) is 0 Å². The number of benzene rings is 2. The van der Waals surface area contributed by atoms with Crippen molar-refractivity contribution in [2.24, 2.45) is 4.99 Å². The summed E-state index contributed by atoms with van der Waals surface area (Å²) in [5, 5.41) is 3.29. The number of guanidine groups is 1. The summed E-state index contributed by atoms with van der Waals surface area (Å²) in [6.07, 6.45) is 0.802. The second kappa shape index (κ2) is 10.6. The van der Waals surface area contributed by atoms with E-state index in [0.29, 0.717) is 18.0 Å². The van der Waals surface area contributed by atoms with Crippen LogP contribution in [0.5, 0.6) is 11.5 Å². The van der Waals surface area contributed by atoms with Gasteiger partial charge >= 0.3 is 0 Å². The first kappa shape index (κ1) is 22.5. The van der Waals surface area contributed by atoms with Gasteiger partial charge in [-0.05, 0) is 47.7 Å². The van der Waals surface area contributed by atoms with E-state index < -0.39 is 11.6 Å². The van der Waals surface area contributed by atoms with E-state index in [2.05, 4.69) is 10.3 Å². The summed E-state index contributed by atoms with van der Waals surface area (Å²) >= 11 is 0. The maximum absolute atomic E-state index is 13.5. The Morgan fingerprint density at radius 2 is 1.79 bits per heavy atom. The number of halogens is 2. The van der Waals surface area contributed by atoms with E-state index in [9.17, 15) is 8.78 Å². The Labute approximate surface area is 171 Å². The number of nitrogens with one attached hydrogen (secondary N) is 1. The maximum atomic E-state index is 13.5. The largest absolute Gasteiger partial charge is 0.493 e. The minimum absolute atomic E-state index is 0.00102. The van der Waals surface area contributed by atoms with Crippen molar-refractivity contribution in [1.29, 1.82) is 0 Å². The van der Waals surface area contributed by atoms with Crippen molar-refractivity contribution < 1.29 is 18.3 Å². The smallest absolute Gasteiger partial charge is 0.193 e. The van der Waals surface area contributed by atoms with Gasteiger partial charge in [0.25, 0.3) is 0 Å². The molecule has 1 N–H and O–H groups in total. The normalized spacial score (nSPS) is 12.4. The minimum atomic E-state index is -0.834. The van der Waals surface area contributed by atoms with Gasteiger partial charge in [0.1, 0.15) is 0 Å². The molecule has 0 aromatic heterocycles. The summed E-state index contributed by atoms with van der Waals surface area (Å²) in [6, 6.07) is 9.88. The van der Waals surface area contributed by atoms with Crippen LogP contribution in [0.15, 0.2) is 41.4 Å². The Bertz CT molecular complexity index is 843. The van der Waals surface area contributed by atoms with Gasteiger partial charge in [0.05, 0.1) is 14.2 Å². The van der Waals surface area contributed by atoms with Crippen molar-refractivity contribution in [3.05, 3.63) is 59.2 Å². The van der Waals surface area contributed by atoms with Crippen LogP contribution in [0.3, 0.4) is 0 Å². The molecule has 0 radical (unpaired) electrons. The highest BCUT2D eigenvalue weighted by Crippen LogP contribution is 2.27. The van der Waals surface area contributed by atoms with Crippen LogP contribution in [0.25, 0.3) is 0 Å². The van der Waals surface area contributed by atoms with Crippen molar-refractivity contribution in [3.8, 4) is 11.5 Å². The zero-order valence-electron chi connectivity index (χ0n) is 17.6. The van der Waals surface area contributed by atoms with Gasteiger partial charge in [0.15, 0.2) is 29.1 Å². The average molecular weight is 405 g/mol. The Kier molecular flexibility index (Phi) is 8.24. The summed E-state index contributed by atoms with van der Waals surface area (Å²) in [5.74, 6) is 0.482. The molecule has 2 aromatic rings. The molecule has 0 saturated carbocycles. The van der Waals surface area contributed by atoms with Crippen LogP contribution in [0.1, 0.15) is 24.0 Å². The topological polar surface area (TPSA) is 46.1 Å². The first-order chi connectivity index (χ1) is 13.9. The molecule has 0 amide bonds. The molecule has 2 aromatic carbocycles. The molecule has 0 aliphatic heterocycles. The number of hydrogen-bond acceptors (Lipinski definition) is 3. The van der Waals surface area contributed by atoms with Gasteiger partial charge in [0, 0.05) is 27.2 Å². The summed E-state index contributed by atoms with van der Waals surface area (Å²) < 4.78 is 37.2. The van der Waals surface area contributed by atoms with E-state index >= 15 is 0 Å². The monoisotopic (exact) mass is 405 g/mol. The molecule has 0 heterocycles. The Morgan fingerprint density at radius 3 is 2.41 bits per heavy atom. The summed E-state index contributed by atoms with van der Waals surface area (Å²) in [7, 11) is 6.91. The highest BCUT2D eigenvalue weighted by molar-refractivity contribution is 5.79. The average Bonchev–Trinajstić information content (AvgIpc) is 2.74. The fourth-order valence-corrected chi connectivity index (χ4v) is 3.00. The zero-order chi connectivity index (χ0) is 21.4. The summed E-state index contributed by atoms with van der Waals surface area (Å²) in [5.41, 5.74) is 1.86. The van der Waals surface area contributed by atoms with Crippen LogP contribution in [-0.2, 0) is 6.42 Å². The minimum Gasteiger partial charge on any atom is -0.493 e. The summed E-state index contributed by atoms with van der Waals surface area (Å²) in [4.78, 5) is 6.33. The second-order valence-corrected chi connectivity index (χ2v) is 6.86. The van der Waals surface area contributed by atoms with Crippen LogP contribution in [0, 0.1) is 11.6 Å². The molecule has 0 saturated heterocycles. The molecule has 7 heteroatoms. The quantitative estimate of drug-likeness (QED) is 0.536. The number of hydrogen-bond donors (Lipinski definition) is 1. The summed E-state index contributed by atoms with van der Waals surface area (Å²) in [6.45, 7) is 3.25. The van der Waals surface area contributed by atoms with E-state index in [4.69, 9.17) is 9.47 Å². The van der Waals surface area contributed by atoms with E-state index in [0.717, 1.165) is 36.1 Å². The Morgan fingerprint density at radius 1 is 1.07 bits per heavy atom. The number of likely N-dealkylation sites (N-methyl/N-ethyl adjacent to an activating group) is 1. The molecule has 0 fully saturated rings. The van der Waals surface area contributed by atoms with Crippen LogP contribution in [0.4, 0.5) is 8.78 Å². The lowest BCUT2D eigenvalue weighted by molar-refractivity contribution is 0.354. The first-order valence-corrected chi connectivity index (χ1v) is 9.47. The third kappa shape index (κ3) is 6.07. The van der Waals surface area contributed by atoms with Crippen LogP contribution >= 0.6 is 0 Å². The van der Waals surface area contributed by atoms with Crippen LogP contribution in [-0.4, -0.2) is 52.3 Å². The lowest BCUT2D eigenvalue weighted by Gasteiger charge is -2.24. The molecular formula is C22H29F2N3O2. The molecule has 1 atom stereocenters. The third-order valence-electron chi connectivity index (χ3n) is 4.84. The lowest BCUT2D eigenvalue weighted by Crippen LogP contribution is -2.41. The van der Waals surface area contributed by atoms with E-state index in [1.165, 1.54) is 6.07 Å². The third-order valence-corrected chi connectivity index (χ3v) is 4.84. The number of ether oxygens (including phenoxy) is 2. The van der Waals surface area contributed by atoms with E-state index in [-0.39, 0.29) is 5.92 Å². The van der Waals surface area contributed by atoms with Crippen LogP contribution < -0.4 is 14.8 Å². The molecule has 2 rings (SSSR count). The van der Waals surface area contributed by atoms with Crippen molar-refractivity contribution in [1.82, 2.24) is 10.2 Å². The van der Waals surface area contributed by atoms with Crippen molar-refractivity contribution >= 4 is 5.96 Å². The van der Waals surface area contributed by atoms with Gasteiger partial charge in [-0.25, -0.2) is 8.78 Å². The zero-order valence-corrected chi connectivity index (χ0v) is 17.6. The van der Waals surface area contributed by atoms with Gasteiger partial charge in [-0.15, -0.1) is 0 Å². The SMILES string of the molecule is CN=C(NCC(C)c1ccc(F)c(F)c1)N(C)CCc1ccc(OC)c(OC)c1. The number of rotatable bonds is 8. The fraction of sp³-hybridized carbons (Fsp3) is 0.409. The Hall–Kier alpha value is -2.83. The van der Waals surface area contributed by atoms with Gasteiger partial charge in [-0.1, -0.05) is 19.1 Å². The maximum Gasteiger partial charge on any atom is 0.193 e. The Balaban J connectivity index is 1.91. The molecule has 0 aliphatic carbocycles. The number of nitrogens with zero attached hydrogens (tertiary/aromatic N) is 2.